The molecule has 1 N–H and O–H groups in total. The van der Waals surface area contributed by atoms with E-state index < -0.39 is 35.6 Å². The van der Waals surface area contributed by atoms with Crippen molar-refractivity contribution in [1.82, 2.24) is 9.78 Å². The molecule has 3 rings (SSSR count). The summed E-state index contributed by atoms with van der Waals surface area (Å²) < 4.78 is 82.7. The van der Waals surface area contributed by atoms with E-state index in [0.29, 0.717) is 0 Å². The van der Waals surface area contributed by atoms with Gasteiger partial charge in [-0.15, -0.1) is 0 Å². The van der Waals surface area contributed by atoms with Crippen LogP contribution in [0.2, 0.25) is 0 Å². The zero-order valence-corrected chi connectivity index (χ0v) is 16.1. The Hall–Kier alpha value is -3.83. The molecule has 32 heavy (non-hydrogen) atoms. The summed E-state index contributed by atoms with van der Waals surface area (Å²) in [6, 6.07) is 10.00. The minimum atomic E-state index is -5.07. The van der Waals surface area contributed by atoms with E-state index in [1.54, 1.807) is 0 Å². The van der Waals surface area contributed by atoms with Crippen LogP contribution in [0.15, 0.2) is 54.6 Å². The van der Waals surface area contributed by atoms with Gasteiger partial charge in [-0.25, -0.2) is 9.48 Å². The third-order valence-electron chi connectivity index (χ3n) is 4.23. The second-order valence-electron chi connectivity index (χ2n) is 6.39. The minimum absolute atomic E-state index is 0.0757. The molecule has 0 spiro atoms. The van der Waals surface area contributed by atoms with Crippen molar-refractivity contribution in [3.8, 4) is 5.69 Å². The normalized spacial score (nSPS) is 11.8. The average Bonchev–Trinajstić information content (AvgIpc) is 3.20. The highest BCUT2D eigenvalue weighted by atomic mass is 19.4. The Morgan fingerprint density at radius 3 is 1.94 bits per heavy atom. The number of hydrogen-bond donors (Lipinski definition) is 1. The number of halogens is 6. The monoisotopic (exact) mass is 457 g/mol. The molecule has 1 aromatic heterocycles. The second kappa shape index (κ2) is 8.36. The van der Waals surface area contributed by atoms with Gasteiger partial charge in [0.15, 0.2) is 5.69 Å². The van der Waals surface area contributed by atoms with Gasteiger partial charge < -0.3 is 10.1 Å². The average molecular weight is 457 g/mol. The van der Waals surface area contributed by atoms with E-state index in [-0.39, 0.29) is 33.2 Å². The summed E-state index contributed by atoms with van der Waals surface area (Å²) in [5, 5.41) is 5.52. The smallest absolute Gasteiger partial charge is 0.435 e. The van der Waals surface area contributed by atoms with Gasteiger partial charge in [-0.05, 0) is 48.5 Å². The highest BCUT2D eigenvalue weighted by Crippen LogP contribution is 2.36. The van der Waals surface area contributed by atoms with Crippen molar-refractivity contribution in [2.75, 3.05) is 12.4 Å². The summed E-state index contributed by atoms with van der Waals surface area (Å²) in [5.74, 6) is -1.17. The molecule has 0 aliphatic carbocycles. The lowest BCUT2D eigenvalue weighted by Gasteiger charge is -2.11. The standard InChI is InChI=1S/C20H13F6N3O3/c1-32-18(31)12-4-2-11(3-5-12)17(30)27-13-6-8-14(9-7-13)29-16(20(24,25)26)10-15(28-29)19(21,22)23/h2-10H,1H3,(H,27,30). The lowest BCUT2D eigenvalue weighted by atomic mass is 10.1. The Balaban J connectivity index is 1.82. The predicted molar refractivity (Wildman–Crippen MR) is 99.3 cm³/mol. The van der Waals surface area contributed by atoms with E-state index in [1.165, 1.54) is 43.5 Å². The molecule has 3 aromatic rings. The first-order chi connectivity index (χ1) is 14.9. The van der Waals surface area contributed by atoms with Crippen molar-refractivity contribution in [3.05, 3.63) is 77.1 Å². The van der Waals surface area contributed by atoms with Crippen LogP contribution in [0.1, 0.15) is 32.1 Å². The Morgan fingerprint density at radius 1 is 0.875 bits per heavy atom. The molecule has 0 saturated heterocycles. The second-order valence-corrected chi connectivity index (χ2v) is 6.39. The Kier molecular flexibility index (Phi) is 5.97. The molecule has 0 fully saturated rings. The van der Waals surface area contributed by atoms with Crippen molar-refractivity contribution >= 4 is 17.6 Å². The highest BCUT2D eigenvalue weighted by Gasteiger charge is 2.42. The number of nitrogens with zero attached hydrogens (tertiary/aromatic N) is 2. The SMILES string of the molecule is COC(=O)c1ccc(C(=O)Nc2ccc(-n3nc(C(F)(F)F)cc3C(F)(F)F)cc2)cc1. The molecule has 0 unspecified atom stereocenters. The van der Waals surface area contributed by atoms with Crippen molar-refractivity contribution in [2.45, 2.75) is 12.4 Å². The number of benzene rings is 2. The third kappa shape index (κ3) is 4.90. The molecular weight excluding hydrogens is 444 g/mol. The van der Waals surface area contributed by atoms with Crippen LogP contribution in [0.4, 0.5) is 32.0 Å². The summed E-state index contributed by atoms with van der Waals surface area (Å²) in [4.78, 5) is 23.7. The molecule has 1 heterocycles. The maximum atomic E-state index is 13.2. The number of carbonyl (C=O) groups is 2. The van der Waals surface area contributed by atoms with Gasteiger partial charge in [0.1, 0.15) is 5.69 Å². The Labute approximate surface area is 176 Å². The fourth-order valence-corrected chi connectivity index (χ4v) is 2.68. The fraction of sp³-hybridized carbons (Fsp3) is 0.150. The first-order valence-corrected chi connectivity index (χ1v) is 8.75. The van der Waals surface area contributed by atoms with E-state index in [2.05, 4.69) is 15.2 Å². The number of rotatable bonds is 4. The molecule has 6 nitrogen and oxygen atoms in total. The zero-order chi connectivity index (χ0) is 23.7. The largest absolute Gasteiger partial charge is 0.465 e. The molecule has 0 radical (unpaired) electrons. The van der Waals surface area contributed by atoms with Crippen molar-refractivity contribution in [3.63, 3.8) is 0 Å². The molecule has 0 aliphatic heterocycles. The highest BCUT2D eigenvalue weighted by molar-refractivity contribution is 6.04. The van der Waals surface area contributed by atoms with Crippen molar-refractivity contribution < 1.29 is 40.7 Å². The van der Waals surface area contributed by atoms with Crippen LogP contribution < -0.4 is 5.32 Å². The van der Waals surface area contributed by atoms with E-state index in [9.17, 15) is 35.9 Å². The lowest BCUT2D eigenvalue weighted by molar-refractivity contribution is -0.143. The molecule has 12 heteroatoms. The molecule has 0 bridgehead atoms. The molecule has 168 valence electrons. The number of esters is 1. The van der Waals surface area contributed by atoms with Gasteiger partial charge in [0.25, 0.3) is 5.91 Å². The zero-order valence-electron chi connectivity index (χ0n) is 16.1. The summed E-state index contributed by atoms with van der Waals surface area (Å²) in [6.45, 7) is 0. The van der Waals surface area contributed by atoms with Crippen molar-refractivity contribution in [2.24, 2.45) is 0 Å². The summed E-state index contributed by atoms with van der Waals surface area (Å²) in [7, 11) is 1.21. The number of methoxy groups -OCH3 is 1. The molecule has 2 aromatic carbocycles. The van der Waals surface area contributed by atoms with E-state index in [0.717, 1.165) is 12.1 Å². The van der Waals surface area contributed by atoms with E-state index in [1.807, 2.05) is 0 Å². The number of aromatic nitrogens is 2. The van der Waals surface area contributed by atoms with Gasteiger partial charge in [-0.2, -0.15) is 31.4 Å². The lowest BCUT2D eigenvalue weighted by Crippen LogP contribution is -2.14. The van der Waals surface area contributed by atoms with Crippen LogP contribution in [0, 0.1) is 0 Å². The van der Waals surface area contributed by atoms with Crippen LogP contribution in [0.3, 0.4) is 0 Å². The van der Waals surface area contributed by atoms with Crippen molar-refractivity contribution in [1.29, 1.82) is 0 Å². The van der Waals surface area contributed by atoms with Gasteiger partial charge in [0.05, 0.1) is 18.4 Å². The number of ether oxygens (including phenoxy) is 1. The molecule has 0 saturated carbocycles. The maximum Gasteiger partial charge on any atom is 0.435 e. The topological polar surface area (TPSA) is 73.2 Å². The summed E-state index contributed by atoms with van der Waals surface area (Å²) >= 11 is 0. The Morgan fingerprint density at radius 2 is 1.44 bits per heavy atom. The first kappa shape index (κ1) is 22.8. The van der Waals surface area contributed by atoms with Crippen LogP contribution in [-0.2, 0) is 17.1 Å². The summed E-state index contributed by atoms with van der Waals surface area (Å²) in [6.07, 6.45) is -10.1. The molecular formula is C20H13F6N3O3. The first-order valence-electron chi connectivity index (χ1n) is 8.75. The molecule has 1 amide bonds. The van der Waals surface area contributed by atoms with Gasteiger partial charge in [-0.1, -0.05) is 0 Å². The number of amides is 1. The van der Waals surface area contributed by atoms with Crippen LogP contribution in [0.5, 0.6) is 0 Å². The number of anilines is 1. The van der Waals surface area contributed by atoms with Crippen LogP contribution in [0.25, 0.3) is 5.69 Å². The van der Waals surface area contributed by atoms with Crippen LogP contribution >= 0.6 is 0 Å². The predicted octanol–water partition coefficient (Wildman–Crippen LogP) is 4.95. The van der Waals surface area contributed by atoms with E-state index in [4.69, 9.17) is 0 Å². The van der Waals surface area contributed by atoms with Gasteiger partial charge in [0, 0.05) is 17.3 Å². The Bertz CT molecular complexity index is 1130. The van der Waals surface area contributed by atoms with Gasteiger partial charge in [-0.3, -0.25) is 4.79 Å². The molecule has 0 aliphatic rings. The minimum Gasteiger partial charge on any atom is -0.465 e. The van der Waals surface area contributed by atoms with E-state index >= 15 is 0 Å². The third-order valence-corrected chi connectivity index (χ3v) is 4.23. The summed E-state index contributed by atoms with van der Waals surface area (Å²) in [5.41, 5.74) is -2.97. The van der Waals surface area contributed by atoms with Crippen LogP contribution in [-0.4, -0.2) is 28.8 Å². The number of alkyl halides is 6. The fourth-order valence-electron chi connectivity index (χ4n) is 2.68. The maximum absolute atomic E-state index is 13.2. The number of nitrogens with one attached hydrogen (secondary N) is 1. The number of carbonyl (C=O) groups excluding carboxylic acids is 2. The van der Waals surface area contributed by atoms with Gasteiger partial charge in [0.2, 0.25) is 0 Å². The van der Waals surface area contributed by atoms with Gasteiger partial charge >= 0.3 is 18.3 Å². The number of hydrogen-bond acceptors (Lipinski definition) is 4. The molecule has 0 atom stereocenters. The quantitative estimate of drug-likeness (QED) is 0.445.